The number of hydrogen-bond donors (Lipinski definition) is 1. The van der Waals surface area contributed by atoms with Crippen LogP contribution < -0.4 is 10.1 Å². The number of carbonyl (C=O) groups is 2. The minimum absolute atomic E-state index is 0.204. The number of nitriles is 1. The van der Waals surface area contributed by atoms with Crippen LogP contribution >= 0.6 is 0 Å². The van der Waals surface area contributed by atoms with Gasteiger partial charge in [-0.25, -0.2) is 4.79 Å². The van der Waals surface area contributed by atoms with Crippen molar-refractivity contribution < 1.29 is 23.8 Å². The number of rotatable bonds is 10. The molecule has 0 saturated carbocycles. The SMILES string of the molecule is CC(C)(C)OC(=O)N[C@@H](Cc1ccc(OCc2ccccc2)cc1)C1COC(=O)[C@@H]1Cc1ccc(-c2ccccc2C#N)cc1. The monoisotopic (exact) mass is 602 g/mol. The van der Waals surface area contributed by atoms with Crippen molar-refractivity contribution in [2.75, 3.05) is 6.61 Å². The highest BCUT2D eigenvalue weighted by Crippen LogP contribution is 2.32. The molecule has 7 nitrogen and oxygen atoms in total. The third-order valence-electron chi connectivity index (χ3n) is 7.85. The fourth-order valence-corrected chi connectivity index (χ4v) is 5.60. The molecule has 1 aliphatic rings. The molecule has 4 aromatic rings. The summed E-state index contributed by atoms with van der Waals surface area (Å²) in [6, 6.07) is 35.0. The fourth-order valence-electron chi connectivity index (χ4n) is 5.60. The number of nitrogens with one attached hydrogen (secondary N) is 1. The molecule has 3 atom stereocenters. The summed E-state index contributed by atoms with van der Waals surface area (Å²) in [5, 5.41) is 12.5. The average Bonchev–Trinajstić information content (AvgIpc) is 3.39. The summed E-state index contributed by atoms with van der Waals surface area (Å²) >= 11 is 0. The van der Waals surface area contributed by atoms with Crippen molar-refractivity contribution >= 4 is 12.1 Å². The summed E-state index contributed by atoms with van der Waals surface area (Å²) in [5.74, 6) is -0.245. The van der Waals surface area contributed by atoms with Crippen molar-refractivity contribution in [3.63, 3.8) is 0 Å². The van der Waals surface area contributed by atoms with Crippen LogP contribution in [0.2, 0.25) is 0 Å². The molecular formula is C38H38N2O5. The first-order chi connectivity index (χ1) is 21.7. The molecule has 0 aliphatic carbocycles. The number of amides is 1. The molecule has 1 N–H and O–H groups in total. The molecule has 1 fully saturated rings. The summed E-state index contributed by atoms with van der Waals surface area (Å²) in [5.41, 5.74) is 4.78. The van der Waals surface area contributed by atoms with Gasteiger partial charge in [0.15, 0.2) is 0 Å². The topological polar surface area (TPSA) is 97.7 Å². The largest absolute Gasteiger partial charge is 0.489 e. The van der Waals surface area contributed by atoms with Crippen molar-refractivity contribution in [3.05, 3.63) is 125 Å². The van der Waals surface area contributed by atoms with E-state index in [9.17, 15) is 14.9 Å². The second kappa shape index (κ2) is 14.1. The summed E-state index contributed by atoms with van der Waals surface area (Å²) in [7, 11) is 0. The summed E-state index contributed by atoms with van der Waals surface area (Å²) in [4.78, 5) is 26.0. The van der Waals surface area contributed by atoms with E-state index < -0.39 is 23.7 Å². The number of esters is 1. The molecule has 1 saturated heterocycles. The van der Waals surface area contributed by atoms with Crippen LogP contribution in [0.25, 0.3) is 11.1 Å². The van der Waals surface area contributed by atoms with E-state index in [0.29, 0.717) is 25.0 Å². The maximum atomic E-state index is 13.0. The molecule has 45 heavy (non-hydrogen) atoms. The number of nitrogens with zero attached hydrogens (tertiary/aromatic N) is 1. The Morgan fingerprint density at radius 3 is 2.27 bits per heavy atom. The Kier molecular flexibility index (Phi) is 9.84. The van der Waals surface area contributed by atoms with E-state index in [-0.39, 0.29) is 18.5 Å². The van der Waals surface area contributed by atoms with Gasteiger partial charge in [0.25, 0.3) is 0 Å². The van der Waals surface area contributed by atoms with Crippen LogP contribution in [0.15, 0.2) is 103 Å². The number of benzene rings is 4. The molecule has 5 rings (SSSR count). The second-order valence-corrected chi connectivity index (χ2v) is 12.3. The zero-order chi connectivity index (χ0) is 31.8. The van der Waals surface area contributed by atoms with Crippen LogP contribution in [0.1, 0.15) is 43.0 Å². The molecule has 0 spiro atoms. The molecular weight excluding hydrogens is 564 g/mol. The lowest BCUT2D eigenvalue weighted by Crippen LogP contribution is -2.46. The number of hydrogen-bond acceptors (Lipinski definition) is 6. The first-order valence-electron chi connectivity index (χ1n) is 15.2. The third-order valence-corrected chi connectivity index (χ3v) is 7.85. The van der Waals surface area contributed by atoms with Gasteiger partial charge in [0.2, 0.25) is 0 Å². The van der Waals surface area contributed by atoms with Crippen LogP contribution in [0, 0.1) is 23.2 Å². The molecule has 0 radical (unpaired) electrons. The van der Waals surface area contributed by atoms with Crippen LogP contribution in [-0.4, -0.2) is 30.3 Å². The van der Waals surface area contributed by atoms with Crippen LogP contribution in [0.3, 0.4) is 0 Å². The second-order valence-electron chi connectivity index (χ2n) is 12.3. The normalized spacial score (nSPS) is 16.7. The van der Waals surface area contributed by atoms with E-state index in [1.807, 2.05) is 118 Å². The van der Waals surface area contributed by atoms with Gasteiger partial charge in [-0.05, 0) is 79.6 Å². The predicted octanol–water partition coefficient (Wildman–Crippen LogP) is 7.27. The van der Waals surface area contributed by atoms with Gasteiger partial charge in [-0.1, -0.05) is 84.9 Å². The summed E-state index contributed by atoms with van der Waals surface area (Å²) in [6.45, 7) is 6.13. The van der Waals surface area contributed by atoms with Gasteiger partial charge in [0, 0.05) is 12.0 Å². The van der Waals surface area contributed by atoms with Gasteiger partial charge >= 0.3 is 12.1 Å². The Balaban J connectivity index is 1.32. The Hall–Kier alpha value is -5.09. The Morgan fingerprint density at radius 2 is 1.58 bits per heavy atom. The van der Waals surface area contributed by atoms with Crippen molar-refractivity contribution in [3.8, 4) is 22.9 Å². The third kappa shape index (κ3) is 8.51. The molecule has 1 heterocycles. The molecule has 1 aliphatic heterocycles. The highest BCUT2D eigenvalue weighted by molar-refractivity contribution is 5.76. The van der Waals surface area contributed by atoms with Gasteiger partial charge < -0.3 is 19.5 Å². The molecule has 1 unspecified atom stereocenters. The van der Waals surface area contributed by atoms with Gasteiger partial charge in [0.05, 0.1) is 24.2 Å². The van der Waals surface area contributed by atoms with E-state index in [4.69, 9.17) is 14.2 Å². The van der Waals surface area contributed by atoms with E-state index in [0.717, 1.165) is 33.6 Å². The summed E-state index contributed by atoms with van der Waals surface area (Å²) in [6.07, 6.45) is 0.413. The zero-order valence-electron chi connectivity index (χ0n) is 25.9. The smallest absolute Gasteiger partial charge is 0.407 e. The minimum atomic E-state index is -0.667. The standard InChI is InChI=1S/C38H38N2O5/c1-38(2,3)45-37(42)40-35(22-27-15-19-31(20-16-27)43-24-28-9-5-4-6-10-28)34-25-44-36(41)33(34)21-26-13-17-29(18-14-26)32-12-8-7-11-30(32)23-39/h4-20,33-35H,21-22,24-25H2,1-3H3,(H,40,42)/t33-,34?,35+/m1/s1. The van der Waals surface area contributed by atoms with Crippen molar-refractivity contribution in [2.45, 2.75) is 51.9 Å². The van der Waals surface area contributed by atoms with E-state index >= 15 is 0 Å². The van der Waals surface area contributed by atoms with Crippen LogP contribution in [0.4, 0.5) is 4.79 Å². The first kappa shape index (κ1) is 31.3. The predicted molar refractivity (Wildman–Crippen MR) is 172 cm³/mol. The Morgan fingerprint density at radius 1 is 0.911 bits per heavy atom. The molecule has 4 aromatic carbocycles. The zero-order valence-corrected chi connectivity index (χ0v) is 25.9. The van der Waals surface area contributed by atoms with Crippen LogP contribution in [-0.2, 0) is 33.7 Å². The number of alkyl carbamates (subject to hydrolysis) is 1. The fraction of sp³-hybridized carbons (Fsp3) is 0.289. The first-order valence-corrected chi connectivity index (χ1v) is 15.2. The van der Waals surface area contributed by atoms with Gasteiger partial charge in [-0.2, -0.15) is 5.26 Å². The minimum Gasteiger partial charge on any atom is -0.489 e. The Labute approximate surface area is 264 Å². The lowest BCUT2D eigenvalue weighted by atomic mass is 9.81. The highest BCUT2D eigenvalue weighted by atomic mass is 16.6. The highest BCUT2D eigenvalue weighted by Gasteiger charge is 2.42. The Bertz CT molecular complexity index is 1640. The average molecular weight is 603 g/mol. The molecule has 0 aromatic heterocycles. The quantitative estimate of drug-likeness (QED) is 0.192. The lowest BCUT2D eigenvalue weighted by molar-refractivity contribution is -0.141. The maximum absolute atomic E-state index is 13.0. The van der Waals surface area contributed by atoms with E-state index in [1.165, 1.54) is 0 Å². The molecule has 0 bridgehead atoms. The molecule has 230 valence electrons. The van der Waals surface area contributed by atoms with Gasteiger partial charge in [0.1, 0.15) is 18.0 Å². The van der Waals surface area contributed by atoms with Crippen LogP contribution in [0.5, 0.6) is 5.75 Å². The number of cyclic esters (lactones) is 1. The number of ether oxygens (including phenoxy) is 3. The lowest BCUT2D eigenvalue weighted by Gasteiger charge is -2.29. The van der Waals surface area contributed by atoms with Crippen molar-refractivity contribution in [1.82, 2.24) is 5.32 Å². The van der Waals surface area contributed by atoms with E-state index in [1.54, 1.807) is 6.07 Å². The molecule has 1 amide bonds. The van der Waals surface area contributed by atoms with E-state index in [2.05, 4.69) is 11.4 Å². The van der Waals surface area contributed by atoms with Gasteiger partial charge in [-0.3, -0.25) is 4.79 Å². The maximum Gasteiger partial charge on any atom is 0.407 e. The molecule has 7 heteroatoms. The van der Waals surface area contributed by atoms with Crippen molar-refractivity contribution in [2.24, 2.45) is 11.8 Å². The van der Waals surface area contributed by atoms with Gasteiger partial charge in [-0.15, -0.1) is 0 Å². The summed E-state index contributed by atoms with van der Waals surface area (Å²) < 4.78 is 17.1. The number of carbonyl (C=O) groups excluding carboxylic acids is 2. The van der Waals surface area contributed by atoms with Crippen molar-refractivity contribution in [1.29, 1.82) is 5.26 Å².